The van der Waals surface area contributed by atoms with Gasteiger partial charge in [0.05, 0.1) is 7.11 Å². The van der Waals surface area contributed by atoms with E-state index in [0.29, 0.717) is 6.04 Å². The van der Waals surface area contributed by atoms with Gasteiger partial charge in [0.25, 0.3) is 0 Å². The summed E-state index contributed by atoms with van der Waals surface area (Å²) in [5, 5.41) is 3.40. The third-order valence-corrected chi connectivity index (χ3v) is 4.26. The lowest BCUT2D eigenvalue weighted by molar-refractivity contribution is 0.168. The van der Waals surface area contributed by atoms with Crippen molar-refractivity contribution in [3.05, 3.63) is 28.2 Å². The number of methoxy groups -OCH3 is 1. The van der Waals surface area contributed by atoms with E-state index in [2.05, 4.69) is 45.2 Å². The topological polar surface area (TPSA) is 24.5 Å². The highest BCUT2D eigenvalue weighted by Crippen LogP contribution is 2.33. The highest BCUT2D eigenvalue weighted by molar-refractivity contribution is 9.10. The number of benzene rings is 1. The van der Waals surface area contributed by atoms with Crippen molar-refractivity contribution in [3.8, 4) is 5.75 Å². The van der Waals surface area contributed by atoms with E-state index in [1.165, 1.54) is 10.0 Å². The second-order valence-corrected chi connectivity index (χ2v) is 5.45. The quantitative estimate of drug-likeness (QED) is 0.925. The van der Waals surface area contributed by atoms with E-state index in [1.54, 1.807) is 7.11 Å². The zero-order valence-electron chi connectivity index (χ0n) is 11.1. The van der Waals surface area contributed by atoms with Gasteiger partial charge in [0, 0.05) is 36.7 Å². The van der Waals surface area contributed by atoms with Gasteiger partial charge in [0.1, 0.15) is 5.75 Å². The summed E-state index contributed by atoms with van der Waals surface area (Å²) in [6.45, 7) is 6.64. The number of hydrogen-bond acceptors (Lipinski definition) is 3. The molecule has 2 rings (SSSR count). The van der Waals surface area contributed by atoms with Gasteiger partial charge in [-0.25, -0.2) is 0 Å². The molecule has 1 saturated heterocycles. The second kappa shape index (κ2) is 6.55. The number of piperazine rings is 1. The van der Waals surface area contributed by atoms with E-state index in [0.717, 1.165) is 38.3 Å². The van der Waals surface area contributed by atoms with Gasteiger partial charge in [-0.15, -0.1) is 0 Å². The first-order valence-corrected chi connectivity index (χ1v) is 7.33. The minimum absolute atomic E-state index is 0.469. The summed E-state index contributed by atoms with van der Waals surface area (Å²) in [4.78, 5) is 2.55. The summed E-state index contributed by atoms with van der Waals surface area (Å²) in [5.41, 5.74) is 1.33. The molecule has 1 aliphatic heterocycles. The normalized spacial score (nSPS) is 18.6. The highest BCUT2D eigenvalue weighted by Gasteiger charge is 2.22. The van der Waals surface area contributed by atoms with E-state index in [1.807, 2.05) is 6.07 Å². The Bertz CT molecular complexity index is 391. The average Bonchev–Trinajstić information content (AvgIpc) is 2.43. The number of halogens is 1. The summed E-state index contributed by atoms with van der Waals surface area (Å²) in [5.74, 6) is 0.932. The zero-order chi connectivity index (χ0) is 13.0. The van der Waals surface area contributed by atoms with Crippen molar-refractivity contribution in [2.45, 2.75) is 19.4 Å². The molecule has 1 aromatic rings. The van der Waals surface area contributed by atoms with Crippen LogP contribution in [0.2, 0.25) is 0 Å². The summed E-state index contributed by atoms with van der Waals surface area (Å²) >= 11 is 3.67. The fraction of sp³-hybridized carbons (Fsp3) is 0.571. The van der Waals surface area contributed by atoms with Gasteiger partial charge < -0.3 is 10.1 Å². The Labute approximate surface area is 118 Å². The summed E-state index contributed by atoms with van der Waals surface area (Å²) in [7, 11) is 1.72. The first-order valence-electron chi connectivity index (χ1n) is 6.54. The number of nitrogens with zero attached hydrogens (tertiary/aromatic N) is 1. The van der Waals surface area contributed by atoms with Crippen molar-refractivity contribution in [1.82, 2.24) is 10.2 Å². The summed E-state index contributed by atoms with van der Waals surface area (Å²) < 4.78 is 6.51. The standard InChI is InChI=1S/C14H21BrN2O/c1-3-14(17-8-6-16-7-9-17)12-10-11(18-2)4-5-13(12)15/h4-5,10,14,16H,3,6-9H2,1-2H3/t14-/m1/s1. The molecule has 100 valence electrons. The second-order valence-electron chi connectivity index (χ2n) is 4.60. The van der Waals surface area contributed by atoms with Crippen LogP contribution in [0.5, 0.6) is 5.75 Å². The average molecular weight is 313 g/mol. The molecule has 3 nitrogen and oxygen atoms in total. The monoisotopic (exact) mass is 312 g/mol. The molecule has 0 bridgehead atoms. The molecule has 0 spiro atoms. The Balaban J connectivity index is 2.25. The predicted octanol–water partition coefficient (Wildman–Crippen LogP) is 2.81. The maximum Gasteiger partial charge on any atom is 0.119 e. The number of ether oxygens (including phenoxy) is 1. The fourth-order valence-electron chi connectivity index (χ4n) is 2.57. The van der Waals surface area contributed by atoms with Crippen molar-refractivity contribution < 1.29 is 4.74 Å². The summed E-state index contributed by atoms with van der Waals surface area (Å²) in [6, 6.07) is 6.70. The molecule has 1 aliphatic rings. The maximum atomic E-state index is 5.34. The largest absolute Gasteiger partial charge is 0.497 e. The predicted molar refractivity (Wildman–Crippen MR) is 78.2 cm³/mol. The molecule has 1 N–H and O–H groups in total. The van der Waals surface area contributed by atoms with Gasteiger partial charge in [-0.2, -0.15) is 0 Å². The van der Waals surface area contributed by atoms with Crippen LogP contribution in [0.4, 0.5) is 0 Å². The first-order chi connectivity index (χ1) is 8.76. The molecule has 0 saturated carbocycles. The molecule has 0 amide bonds. The molecule has 18 heavy (non-hydrogen) atoms. The Morgan fingerprint density at radius 3 is 2.72 bits per heavy atom. The summed E-state index contributed by atoms with van der Waals surface area (Å²) in [6.07, 6.45) is 1.12. The van der Waals surface area contributed by atoms with Crippen molar-refractivity contribution >= 4 is 15.9 Å². The van der Waals surface area contributed by atoms with Crippen molar-refractivity contribution in [1.29, 1.82) is 0 Å². The number of hydrogen-bond donors (Lipinski definition) is 1. The van der Waals surface area contributed by atoms with E-state index in [4.69, 9.17) is 4.74 Å². The zero-order valence-corrected chi connectivity index (χ0v) is 12.7. The lowest BCUT2D eigenvalue weighted by Gasteiger charge is -2.35. The third kappa shape index (κ3) is 3.05. The van der Waals surface area contributed by atoms with Gasteiger partial charge in [-0.3, -0.25) is 4.90 Å². The molecule has 1 heterocycles. The Kier molecular flexibility index (Phi) is 5.03. The smallest absolute Gasteiger partial charge is 0.119 e. The van der Waals surface area contributed by atoms with Crippen LogP contribution < -0.4 is 10.1 Å². The minimum atomic E-state index is 0.469. The SMILES string of the molecule is CC[C@H](c1cc(OC)ccc1Br)N1CCNCC1. The number of nitrogens with one attached hydrogen (secondary N) is 1. The van der Waals surface area contributed by atoms with Crippen LogP contribution in [-0.2, 0) is 0 Å². The molecule has 4 heteroatoms. The van der Waals surface area contributed by atoms with Gasteiger partial charge >= 0.3 is 0 Å². The van der Waals surface area contributed by atoms with E-state index < -0.39 is 0 Å². The lowest BCUT2D eigenvalue weighted by atomic mass is 10.0. The van der Waals surface area contributed by atoms with E-state index >= 15 is 0 Å². The van der Waals surface area contributed by atoms with Gasteiger partial charge in [-0.1, -0.05) is 22.9 Å². The highest BCUT2D eigenvalue weighted by atomic mass is 79.9. The van der Waals surface area contributed by atoms with Crippen LogP contribution in [-0.4, -0.2) is 38.2 Å². The molecule has 1 aromatic carbocycles. The fourth-order valence-corrected chi connectivity index (χ4v) is 3.08. The van der Waals surface area contributed by atoms with Crippen LogP contribution in [0, 0.1) is 0 Å². The minimum Gasteiger partial charge on any atom is -0.497 e. The van der Waals surface area contributed by atoms with Gasteiger partial charge in [0.2, 0.25) is 0 Å². The maximum absolute atomic E-state index is 5.34. The van der Waals surface area contributed by atoms with Crippen molar-refractivity contribution in [2.75, 3.05) is 33.3 Å². The van der Waals surface area contributed by atoms with Crippen LogP contribution in [0.25, 0.3) is 0 Å². The Morgan fingerprint density at radius 1 is 1.39 bits per heavy atom. The van der Waals surface area contributed by atoms with Crippen LogP contribution in [0.15, 0.2) is 22.7 Å². The van der Waals surface area contributed by atoms with Crippen molar-refractivity contribution in [3.63, 3.8) is 0 Å². The van der Waals surface area contributed by atoms with Crippen LogP contribution >= 0.6 is 15.9 Å². The molecular formula is C14H21BrN2O. The molecule has 1 atom stereocenters. The van der Waals surface area contributed by atoms with Gasteiger partial charge in [-0.05, 0) is 30.2 Å². The third-order valence-electron chi connectivity index (χ3n) is 3.54. The number of rotatable bonds is 4. The lowest BCUT2D eigenvalue weighted by Crippen LogP contribution is -2.45. The van der Waals surface area contributed by atoms with Gasteiger partial charge in [0.15, 0.2) is 0 Å². The molecule has 0 radical (unpaired) electrons. The molecule has 0 unspecified atom stereocenters. The first kappa shape index (κ1) is 13.8. The van der Waals surface area contributed by atoms with Crippen molar-refractivity contribution in [2.24, 2.45) is 0 Å². The Hall–Kier alpha value is -0.580. The molecule has 0 aromatic heterocycles. The van der Waals surface area contributed by atoms with Crippen LogP contribution in [0.3, 0.4) is 0 Å². The molecule has 1 fully saturated rings. The van der Waals surface area contributed by atoms with Crippen LogP contribution in [0.1, 0.15) is 24.9 Å². The molecule has 0 aliphatic carbocycles. The van der Waals surface area contributed by atoms with E-state index in [-0.39, 0.29) is 0 Å². The Morgan fingerprint density at radius 2 is 2.11 bits per heavy atom. The van der Waals surface area contributed by atoms with E-state index in [9.17, 15) is 0 Å². The molecular weight excluding hydrogens is 292 g/mol.